The van der Waals surface area contributed by atoms with Gasteiger partial charge in [0.15, 0.2) is 5.96 Å². The van der Waals surface area contributed by atoms with E-state index in [0.29, 0.717) is 12.1 Å². The molecule has 1 amide bonds. The third-order valence-corrected chi connectivity index (χ3v) is 5.50. The highest BCUT2D eigenvalue weighted by Gasteiger charge is 2.15. The minimum Gasteiger partial charge on any atom is -0.496 e. The van der Waals surface area contributed by atoms with Gasteiger partial charge in [0.2, 0.25) is 0 Å². The molecule has 2 rings (SSSR count). The predicted molar refractivity (Wildman–Crippen MR) is 119 cm³/mol. The quantitative estimate of drug-likeness (QED) is 0.300. The summed E-state index contributed by atoms with van der Waals surface area (Å²) in [4.78, 5) is 14.6. The second kappa shape index (κ2) is 11.2. The number of halogens is 1. The lowest BCUT2D eigenvalue weighted by molar-refractivity contribution is 0.0975. The minimum absolute atomic E-state index is 0.0366. The Balaban J connectivity index is 1.91. The summed E-state index contributed by atoms with van der Waals surface area (Å²) >= 11 is 4.99. The molecule has 152 valence electrons. The zero-order chi connectivity index (χ0) is 20.5. The van der Waals surface area contributed by atoms with Crippen molar-refractivity contribution in [3.63, 3.8) is 0 Å². The van der Waals surface area contributed by atoms with E-state index in [-0.39, 0.29) is 11.9 Å². The molecule has 0 spiro atoms. The Morgan fingerprint density at radius 2 is 2.00 bits per heavy atom. The molecule has 2 aromatic rings. The molecule has 0 fully saturated rings. The van der Waals surface area contributed by atoms with Gasteiger partial charge in [-0.1, -0.05) is 15.9 Å². The molecule has 0 aliphatic carbocycles. The van der Waals surface area contributed by atoms with Gasteiger partial charge >= 0.3 is 0 Å². The third kappa shape index (κ3) is 6.92. The second-order valence-corrected chi connectivity index (χ2v) is 8.34. The van der Waals surface area contributed by atoms with Gasteiger partial charge in [0.05, 0.1) is 12.7 Å². The smallest absolute Gasteiger partial charge is 0.259 e. The largest absolute Gasteiger partial charge is 0.496 e. The number of amides is 1. The van der Waals surface area contributed by atoms with Gasteiger partial charge in [-0.3, -0.25) is 15.5 Å². The third-order valence-electron chi connectivity index (χ3n) is 4.22. The van der Waals surface area contributed by atoms with Crippen molar-refractivity contribution in [1.82, 2.24) is 15.5 Å². The SMILES string of the molecule is COc1ccc(Br)cc1CCc1cscc1C(=O)NC(=N)NCCCN(C)C. The Labute approximate surface area is 178 Å². The monoisotopic (exact) mass is 466 g/mol. The first-order valence-corrected chi connectivity index (χ1v) is 10.8. The highest BCUT2D eigenvalue weighted by molar-refractivity contribution is 9.10. The van der Waals surface area contributed by atoms with E-state index in [1.165, 1.54) is 11.3 Å². The van der Waals surface area contributed by atoms with Gasteiger partial charge in [-0.25, -0.2) is 0 Å². The fourth-order valence-corrected chi connectivity index (χ4v) is 4.04. The maximum atomic E-state index is 12.5. The van der Waals surface area contributed by atoms with Crippen LogP contribution in [0.15, 0.2) is 33.4 Å². The fourth-order valence-electron chi connectivity index (χ4n) is 2.76. The van der Waals surface area contributed by atoms with E-state index in [1.54, 1.807) is 7.11 Å². The Bertz CT molecular complexity index is 807. The van der Waals surface area contributed by atoms with Crippen molar-refractivity contribution in [2.45, 2.75) is 19.3 Å². The lowest BCUT2D eigenvalue weighted by Crippen LogP contribution is -2.41. The van der Waals surface area contributed by atoms with Crippen molar-refractivity contribution >= 4 is 39.1 Å². The lowest BCUT2D eigenvalue weighted by Gasteiger charge is -2.12. The molecule has 8 heteroatoms. The van der Waals surface area contributed by atoms with Gasteiger partial charge in [-0.05, 0) is 74.6 Å². The van der Waals surface area contributed by atoms with Crippen LogP contribution in [0.2, 0.25) is 0 Å². The average Bonchev–Trinajstić information content (AvgIpc) is 3.12. The summed E-state index contributed by atoms with van der Waals surface area (Å²) in [6, 6.07) is 5.92. The van der Waals surface area contributed by atoms with Crippen molar-refractivity contribution in [1.29, 1.82) is 5.41 Å². The predicted octanol–water partition coefficient (Wildman–Crippen LogP) is 3.51. The number of nitrogens with zero attached hydrogens (tertiary/aromatic N) is 1. The number of carbonyl (C=O) groups excluding carboxylic acids is 1. The van der Waals surface area contributed by atoms with Gasteiger partial charge in [0.1, 0.15) is 5.75 Å². The number of ether oxygens (including phenoxy) is 1. The lowest BCUT2D eigenvalue weighted by atomic mass is 10.0. The number of carbonyl (C=O) groups is 1. The van der Waals surface area contributed by atoms with Crippen LogP contribution in [0, 0.1) is 5.41 Å². The Morgan fingerprint density at radius 1 is 1.25 bits per heavy atom. The van der Waals surface area contributed by atoms with Crippen LogP contribution < -0.4 is 15.4 Å². The van der Waals surface area contributed by atoms with E-state index in [2.05, 4.69) is 31.5 Å². The number of thiophene rings is 1. The van der Waals surface area contributed by atoms with Gasteiger partial charge < -0.3 is 15.0 Å². The Kier molecular flexibility index (Phi) is 8.95. The highest BCUT2D eigenvalue weighted by Crippen LogP contribution is 2.25. The molecular weight excluding hydrogens is 440 g/mol. The Morgan fingerprint density at radius 3 is 2.71 bits per heavy atom. The standard InChI is InChI=1S/C20H27BrN4O2S/c1-25(2)10-4-9-23-20(22)24-19(26)17-13-28-12-15(17)6-5-14-11-16(21)7-8-18(14)27-3/h7-8,11-13H,4-6,9-10H2,1-3H3,(H3,22,23,24,26). The number of nitrogens with one attached hydrogen (secondary N) is 3. The maximum absolute atomic E-state index is 12.5. The molecule has 6 nitrogen and oxygen atoms in total. The fraction of sp³-hybridized carbons (Fsp3) is 0.400. The Hall–Kier alpha value is -1.90. The van der Waals surface area contributed by atoms with Crippen LogP contribution in [-0.4, -0.2) is 51.1 Å². The molecule has 0 aliphatic rings. The number of aryl methyl sites for hydroxylation is 2. The molecule has 1 aromatic heterocycles. The van der Waals surface area contributed by atoms with Crippen molar-refractivity contribution < 1.29 is 9.53 Å². The second-order valence-electron chi connectivity index (χ2n) is 6.68. The number of guanidine groups is 1. The molecule has 28 heavy (non-hydrogen) atoms. The zero-order valence-electron chi connectivity index (χ0n) is 16.5. The first-order valence-electron chi connectivity index (χ1n) is 9.06. The van der Waals surface area contributed by atoms with E-state index in [4.69, 9.17) is 10.1 Å². The van der Waals surface area contributed by atoms with Crippen LogP contribution in [0.25, 0.3) is 0 Å². The van der Waals surface area contributed by atoms with Gasteiger partial charge in [0.25, 0.3) is 5.91 Å². The summed E-state index contributed by atoms with van der Waals surface area (Å²) in [5.41, 5.74) is 2.69. The van der Waals surface area contributed by atoms with Crippen molar-refractivity contribution in [2.75, 3.05) is 34.3 Å². The molecule has 0 aliphatic heterocycles. The first-order chi connectivity index (χ1) is 13.4. The number of rotatable bonds is 9. The molecule has 3 N–H and O–H groups in total. The minimum atomic E-state index is -0.248. The van der Waals surface area contributed by atoms with Gasteiger partial charge in [-0.15, -0.1) is 0 Å². The topological polar surface area (TPSA) is 77.4 Å². The van der Waals surface area contributed by atoms with Crippen molar-refractivity contribution in [2.24, 2.45) is 0 Å². The van der Waals surface area contributed by atoms with Gasteiger partial charge in [0, 0.05) is 16.4 Å². The summed E-state index contributed by atoms with van der Waals surface area (Å²) in [5.74, 6) is 0.630. The number of hydrogen-bond acceptors (Lipinski definition) is 5. The highest BCUT2D eigenvalue weighted by atomic mass is 79.9. The normalized spacial score (nSPS) is 10.8. The number of benzene rings is 1. The van der Waals surface area contributed by atoms with Crippen LogP contribution in [0.5, 0.6) is 5.75 Å². The molecule has 0 atom stereocenters. The summed E-state index contributed by atoms with van der Waals surface area (Å²) in [6.07, 6.45) is 2.39. The van der Waals surface area contributed by atoms with E-state index < -0.39 is 0 Å². The van der Waals surface area contributed by atoms with Crippen LogP contribution in [0.3, 0.4) is 0 Å². The molecule has 0 unspecified atom stereocenters. The van der Waals surface area contributed by atoms with Gasteiger partial charge in [-0.2, -0.15) is 11.3 Å². The average molecular weight is 467 g/mol. The zero-order valence-corrected chi connectivity index (χ0v) is 18.9. The summed E-state index contributed by atoms with van der Waals surface area (Å²) in [7, 11) is 5.68. The van der Waals surface area contributed by atoms with Crippen LogP contribution >= 0.6 is 27.3 Å². The molecule has 0 bridgehead atoms. The molecule has 1 heterocycles. The van der Waals surface area contributed by atoms with E-state index in [0.717, 1.165) is 47.2 Å². The summed E-state index contributed by atoms with van der Waals surface area (Å²) in [5, 5.41) is 17.3. The van der Waals surface area contributed by atoms with Crippen LogP contribution in [0.4, 0.5) is 0 Å². The maximum Gasteiger partial charge on any atom is 0.259 e. The molecular formula is C20H27BrN4O2S. The van der Waals surface area contributed by atoms with E-state index >= 15 is 0 Å². The van der Waals surface area contributed by atoms with E-state index in [9.17, 15) is 4.79 Å². The van der Waals surface area contributed by atoms with Crippen LogP contribution in [0.1, 0.15) is 27.9 Å². The van der Waals surface area contributed by atoms with Crippen molar-refractivity contribution in [3.8, 4) is 5.75 Å². The molecule has 0 radical (unpaired) electrons. The summed E-state index contributed by atoms with van der Waals surface area (Å²) in [6.45, 7) is 1.58. The molecule has 0 saturated heterocycles. The number of methoxy groups -OCH3 is 1. The number of hydrogen-bond donors (Lipinski definition) is 3. The molecule has 0 saturated carbocycles. The van der Waals surface area contributed by atoms with E-state index in [1.807, 2.05) is 43.1 Å². The summed E-state index contributed by atoms with van der Waals surface area (Å²) < 4.78 is 6.43. The van der Waals surface area contributed by atoms with Crippen LogP contribution in [-0.2, 0) is 12.8 Å². The van der Waals surface area contributed by atoms with Crippen molar-refractivity contribution in [3.05, 3.63) is 50.1 Å². The molecule has 1 aromatic carbocycles. The first kappa shape index (κ1) is 22.4.